The van der Waals surface area contributed by atoms with Crippen LogP contribution in [-0.2, 0) is 10.3 Å². The first-order valence-electron chi connectivity index (χ1n) is 4.78. The van der Waals surface area contributed by atoms with Gasteiger partial charge in [-0.1, -0.05) is 13.8 Å². The first kappa shape index (κ1) is 10.9. The smallest absolute Gasteiger partial charge is 0.167 e. The van der Waals surface area contributed by atoms with Crippen molar-refractivity contribution in [2.24, 2.45) is 0 Å². The number of methoxy groups -OCH3 is 1. The number of carbonyl (C=O) groups is 1. The lowest BCUT2D eigenvalue weighted by Gasteiger charge is -2.27. The Bertz CT molecular complexity index is 295. The van der Waals surface area contributed by atoms with Crippen LogP contribution >= 0.6 is 0 Å². The maximum Gasteiger partial charge on any atom is 0.167 e. The van der Waals surface area contributed by atoms with E-state index in [2.05, 4.69) is 9.97 Å². The average molecular weight is 196 g/mol. The SMILES string of the molecule is CCC(CC)(OC)c1ncc(C=O)[nH]1. The van der Waals surface area contributed by atoms with Crippen LogP contribution in [0.3, 0.4) is 0 Å². The molecule has 4 heteroatoms. The first-order valence-corrected chi connectivity index (χ1v) is 4.78. The van der Waals surface area contributed by atoms with Gasteiger partial charge in [-0.25, -0.2) is 4.98 Å². The number of ether oxygens (including phenoxy) is 1. The summed E-state index contributed by atoms with van der Waals surface area (Å²) in [5.74, 6) is 0.729. The molecule has 0 bridgehead atoms. The van der Waals surface area contributed by atoms with Gasteiger partial charge in [-0.15, -0.1) is 0 Å². The Morgan fingerprint density at radius 1 is 1.57 bits per heavy atom. The van der Waals surface area contributed by atoms with E-state index >= 15 is 0 Å². The number of imidazole rings is 1. The molecule has 0 unspecified atom stereocenters. The Hall–Kier alpha value is -1.16. The van der Waals surface area contributed by atoms with Crippen LogP contribution in [0.5, 0.6) is 0 Å². The Kier molecular flexibility index (Phi) is 3.41. The summed E-state index contributed by atoms with van der Waals surface area (Å²) in [5, 5.41) is 0. The van der Waals surface area contributed by atoms with Crippen LogP contribution in [0.25, 0.3) is 0 Å². The second-order valence-electron chi connectivity index (χ2n) is 3.21. The third kappa shape index (κ3) is 1.70. The van der Waals surface area contributed by atoms with E-state index in [1.165, 1.54) is 6.20 Å². The largest absolute Gasteiger partial charge is 0.370 e. The maximum absolute atomic E-state index is 10.5. The number of hydrogen-bond donors (Lipinski definition) is 1. The van der Waals surface area contributed by atoms with Gasteiger partial charge in [-0.3, -0.25) is 4.79 Å². The van der Waals surface area contributed by atoms with Crippen molar-refractivity contribution in [3.63, 3.8) is 0 Å². The summed E-state index contributed by atoms with van der Waals surface area (Å²) in [6.45, 7) is 4.08. The quantitative estimate of drug-likeness (QED) is 0.731. The van der Waals surface area contributed by atoms with Crippen molar-refractivity contribution in [3.8, 4) is 0 Å². The number of aromatic amines is 1. The Morgan fingerprint density at radius 2 is 2.21 bits per heavy atom. The molecule has 1 aromatic rings. The molecule has 1 rings (SSSR count). The highest BCUT2D eigenvalue weighted by Crippen LogP contribution is 2.29. The van der Waals surface area contributed by atoms with Crippen molar-refractivity contribution >= 4 is 6.29 Å². The predicted octanol–water partition coefficient (Wildman–Crippen LogP) is 1.88. The molecule has 4 nitrogen and oxygen atoms in total. The molecule has 0 atom stereocenters. The molecule has 0 aliphatic heterocycles. The van der Waals surface area contributed by atoms with E-state index in [4.69, 9.17) is 4.74 Å². The molecule has 1 aromatic heterocycles. The summed E-state index contributed by atoms with van der Waals surface area (Å²) < 4.78 is 5.47. The number of carbonyl (C=O) groups excluding carboxylic acids is 1. The minimum atomic E-state index is -0.388. The standard InChI is InChI=1S/C10H16N2O2/c1-4-10(5-2,14-3)9-11-6-8(7-13)12-9/h6-7H,4-5H2,1-3H3,(H,11,12). The number of aromatic nitrogens is 2. The second kappa shape index (κ2) is 4.37. The Balaban J connectivity index is 3.04. The van der Waals surface area contributed by atoms with Crippen LogP contribution in [0.15, 0.2) is 6.20 Å². The monoisotopic (exact) mass is 196 g/mol. The van der Waals surface area contributed by atoms with E-state index in [9.17, 15) is 4.79 Å². The fraction of sp³-hybridized carbons (Fsp3) is 0.600. The predicted molar refractivity (Wildman–Crippen MR) is 53.2 cm³/mol. The molecule has 78 valence electrons. The number of nitrogens with zero attached hydrogens (tertiary/aromatic N) is 1. The fourth-order valence-corrected chi connectivity index (χ4v) is 1.60. The lowest BCUT2D eigenvalue weighted by molar-refractivity contribution is -0.0285. The van der Waals surface area contributed by atoms with Gasteiger partial charge >= 0.3 is 0 Å². The molecule has 0 amide bonds. The van der Waals surface area contributed by atoms with Crippen LogP contribution in [0, 0.1) is 0 Å². The van der Waals surface area contributed by atoms with Gasteiger partial charge in [0.05, 0.1) is 11.9 Å². The lowest BCUT2D eigenvalue weighted by Crippen LogP contribution is -2.28. The van der Waals surface area contributed by atoms with E-state index in [0.717, 1.165) is 25.0 Å². The molecule has 1 heterocycles. The summed E-state index contributed by atoms with van der Waals surface area (Å²) in [4.78, 5) is 17.6. The molecule has 0 radical (unpaired) electrons. The number of H-pyrrole nitrogens is 1. The number of rotatable bonds is 5. The molecule has 14 heavy (non-hydrogen) atoms. The molecule has 0 fully saturated rings. The van der Waals surface area contributed by atoms with Crippen LogP contribution in [0.1, 0.15) is 43.0 Å². The highest BCUT2D eigenvalue weighted by atomic mass is 16.5. The van der Waals surface area contributed by atoms with Gasteiger partial charge in [0, 0.05) is 7.11 Å². The van der Waals surface area contributed by atoms with Crippen molar-refractivity contribution < 1.29 is 9.53 Å². The zero-order chi connectivity index (χ0) is 10.6. The number of hydrogen-bond acceptors (Lipinski definition) is 3. The topological polar surface area (TPSA) is 55.0 Å². The van der Waals surface area contributed by atoms with E-state index < -0.39 is 0 Å². The van der Waals surface area contributed by atoms with Crippen LogP contribution in [-0.4, -0.2) is 23.4 Å². The van der Waals surface area contributed by atoms with Gasteiger partial charge in [0.2, 0.25) is 0 Å². The second-order valence-corrected chi connectivity index (χ2v) is 3.21. The Morgan fingerprint density at radius 3 is 2.57 bits per heavy atom. The molecule has 0 aromatic carbocycles. The van der Waals surface area contributed by atoms with E-state index in [-0.39, 0.29) is 5.60 Å². The highest BCUT2D eigenvalue weighted by Gasteiger charge is 2.31. The van der Waals surface area contributed by atoms with Crippen LogP contribution in [0.2, 0.25) is 0 Å². The normalized spacial score (nSPS) is 11.6. The summed E-state index contributed by atoms with van der Waals surface area (Å²) in [7, 11) is 1.66. The van der Waals surface area contributed by atoms with Crippen molar-refractivity contribution in [2.75, 3.05) is 7.11 Å². The van der Waals surface area contributed by atoms with Crippen molar-refractivity contribution in [1.82, 2.24) is 9.97 Å². The van der Waals surface area contributed by atoms with Crippen molar-refractivity contribution in [3.05, 3.63) is 17.7 Å². The summed E-state index contributed by atoms with van der Waals surface area (Å²) in [6.07, 6.45) is 3.93. The fourth-order valence-electron chi connectivity index (χ4n) is 1.60. The summed E-state index contributed by atoms with van der Waals surface area (Å²) in [5.41, 5.74) is 0.102. The van der Waals surface area contributed by atoms with Gasteiger partial charge in [0.25, 0.3) is 0 Å². The van der Waals surface area contributed by atoms with Crippen molar-refractivity contribution in [1.29, 1.82) is 0 Å². The molecule has 0 spiro atoms. The van der Waals surface area contributed by atoms with Gasteiger partial charge < -0.3 is 9.72 Å². The zero-order valence-corrected chi connectivity index (χ0v) is 8.83. The third-order valence-electron chi connectivity index (χ3n) is 2.69. The van der Waals surface area contributed by atoms with E-state index in [1.807, 2.05) is 13.8 Å². The van der Waals surface area contributed by atoms with Crippen LogP contribution < -0.4 is 0 Å². The van der Waals surface area contributed by atoms with Crippen molar-refractivity contribution in [2.45, 2.75) is 32.3 Å². The zero-order valence-electron chi connectivity index (χ0n) is 8.83. The van der Waals surface area contributed by atoms with Gasteiger partial charge in [0.1, 0.15) is 11.4 Å². The average Bonchev–Trinajstić information content (AvgIpc) is 2.71. The van der Waals surface area contributed by atoms with E-state index in [1.54, 1.807) is 7.11 Å². The molecule has 0 aliphatic rings. The first-order chi connectivity index (χ1) is 6.72. The molecule has 0 aliphatic carbocycles. The highest BCUT2D eigenvalue weighted by molar-refractivity contribution is 5.71. The summed E-state index contributed by atoms with van der Waals surface area (Å²) in [6, 6.07) is 0. The summed E-state index contributed by atoms with van der Waals surface area (Å²) >= 11 is 0. The van der Waals surface area contributed by atoms with Crippen LogP contribution in [0.4, 0.5) is 0 Å². The maximum atomic E-state index is 10.5. The third-order valence-corrected chi connectivity index (χ3v) is 2.69. The minimum Gasteiger partial charge on any atom is -0.370 e. The lowest BCUT2D eigenvalue weighted by atomic mass is 9.96. The molecule has 0 saturated heterocycles. The molecule has 0 saturated carbocycles. The minimum absolute atomic E-state index is 0.388. The van der Waals surface area contributed by atoms with Gasteiger partial charge in [-0.2, -0.15) is 0 Å². The Labute approximate surface area is 83.7 Å². The number of aldehydes is 1. The van der Waals surface area contributed by atoms with Gasteiger partial charge in [-0.05, 0) is 12.8 Å². The number of nitrogens with one attached hydrogen (secondary N) is 1. The van der Waals surface area contributed by atoms with E-state index in [0.29, 0.717) is 5.69 Å². The molecular weight excluding hydrogens is 180 g/mol. The molecular formula is C10H16N2O2. The molecule has 1 N–H and O–H groups in total. The van der Waals surface area contributed by atoms with Gasteiger partial charge in [0.15, 0.2) is 6.29 Å².